The fraction of sp³-hybridized carbons (Fsp3) is 0.273. The van der Waals surface area contributed by atoms with E-state index < -0.39 is 12.0 Å². The number of aliphatic imine (C=N–C) groups is 1. The number of rotatable bonds is 3. The van der Waals surface area contributed by atoms with Gasteiger partial charge in [-0.05, 0) is 19.1 Å². The maximum atomic E-state index is 11.7. The van der Waals surface area contributed by atoms with Crippen molar-refractivity contribution in [2.75, 3.05) is 13.7 Å². The van der Waals surface area contributed by atoms with E-state index in [1.54, 1.807) is 13.0 Å². The SMILES string of the molecule is CCOC(=O)c1cccnc1/N=C(\N)NC(=O)NC. The molecular formula is C11H15N5O3. The predicted octanol–water partition coefficient (Wildman–Crippen LogP) is 0.134. The molecule has 1 heterocycles. The Labute approximate surface area is 110 Å². The van der Waals surface area contributed by atoms with Gasteiger partial charge >= 0.3 is 12.0 Å². The predicted molar refractivity (Wildman–Crippen MR) is 69.1 cm³/mol. The van der Waals surface area contributed by atoms with Gasteiger partial charge in [0, 0.05) is 13.2 Å². The van der Waals surface area contributed by atoms with Crippen LogP contribution in [0.25, 0.3) is 0 Å². The lowest BCUT2D eigenvalue weighted by atomic mass is 10.2. The molecule has 0 aromatic carbocycles. The number of aromatic nitrogens is 1. The van der Waals surface area contributed by atoms with Crippen molar-refractivity contribution in [3.63, 3.8) is 0 Å². The van der Waals surface area contributed by atoms with Crippen LogP contribution in [0.4, 0.5) is 10.6 Å². The van der Waals surface area contributed by atoms with Crippen molar-refractivity contribution in [3.05, 3.63) is 23.9 Å². The van der Waals surface area contributed by atoms with E-state index in [4.69, 9.17) is 10.5 Å². The average molecular weight is 265 g/mol. The summed E-state index contributed by atoms with van der Waals surface area (Å²) < 4.78 is 4.86. The van der Waals surface area contributed by atoms with E-state index in [1.165, 1.54) is 19.3 Å². The Morgan fingerprint density at radius 2 is 2.26 bits per heavy atom. The number of pyridine rings is 1. The standard InChI is InChI=1S/C11H15N5O3/c1-3-19-9(17)7-5-4-6-14-8(7)15-10(12)16-11(18)13-2/h4-6H,3H2,1-2H3,(H4,12,13,14,15,16,18). The van der Waals surface area contributed by atoms with Crippen LogP contribution in [0.2, 0.25) is 0 Å². The van der Waals surface area contributed by atoms with Gasteiger partial charge in [-0.2, -0.15) is 4.99 Å². The van der Waals surface area contributed by atoms with Gasteiger partial charge in [0.05, 0.1) is 6.61 Å². The second kappa shape index (κ2) is 6.94. The normalized spacial score (nSPS) is 10.7. The summed E-state index contributed by atoms with van der Waals surface area (Å²) in [6.45, 7) is 1.93. The Balaban J connectivity index is 2.97. The minimum atomic E-state index is -0.554. The van der Waals surface area contributed by atoms with Gasteiger partial charge in [-0.1, -0.05) is 0 Å². The lowest BCUT2D eigenvalue weighted by molar-refractivity contribution is 0.0527. The van der Waals surface area contributed by atoms with Crippen LogP contribution in [-0.2, 0) is 4.74 Å². The molecule has 0 saturated carbocycles. The molecule has 0 radical (unpaired) electrons. The molecule has 0 saturated heterocycles. The van der Waals surface area contributed by atoms with Crippen molar-refractivity contribution in [1.29, 1.82) is 0 Å². The van der Waals surface area contributed by atoms with E-state index in [0.29, 0.717) is 0 Å². The Bertz CT molecular complexity index is 501. The number of esters is 1. The first-order valence-corrected chi connectivity index (χ1v) is 5.53. The molecule has 0 atom stereocenters. The summed E-state index contributed by atoms with van der Waals surface area (Å²) in [5.74, 6) is -0.652. The zero-order valence-electron chi connectivity index (χ0n) is 10.6. The lowest BCUT2D eigenvalue weighted by Crippen LogP contribution is -2.41. The van der Waals surface area contributed by atoms with Gasteiger partial charge in [-0.25, -0.2) is 14.6 Å². The Morgan fingerprint density at radius 3 is 2.89 bits per heavy atom. The van der Waals surface area contributed by atoms with Crippen molar-refractivity contribution in [3.8, 4) is 0 Å². The average Bonchev–Trinajstić information content (AvgIpc) is 2.39. The topological polar surface area (TPSA) is 119 Å². The van der Waals surface area contributed by atoms with Crippen LogP contribution in [0.5, 0.6) is 0 Å². The fourth-order valence-electron chi connectivity index (χ4n) is 1.18. The molecule has 2 amide bonds. The summed E-state index contributed by atoms with van der Waals surface area (Å²) in [7, 11) is 1.44. The van der Waals surface area contributed by atoms with Gasteiger partial charge in [0.15, 0.2) is 5.82 Å². The van der Waals surface area contributed by atoms with Gasteiger partial charge in [-0.15, -0.1) is 0 Å². The molecule has 0 aliphatic rings. The van der Waals surface area contributed by atoms with E-state index >= 15 is 0 Å². The second-order valence-corrected chi connectivity index (χ2v) is 3.30. The van der Waals surface area contributed by atoms with Crippen molar-refractivity contribution in [2.45, 2.75) is 6.92 Å². The molecule has 8 nitrogen and oxygen atoms in total. The summed E-state index contributed by atoms with van der Waals surface area (Å²) >= 11 is 0. The molecule has 1 aromatic rings. The molecule has 0 spiro atoms. The van der Waals surface area contributed by atoms with Crippen LogP contribution >= 0.6 is 0 Å². The third kappa shape index (κ3) is 4.26. The fourth-order valence-corrected chi connectivity index (χ4v) is 1.18. The van der Waals surface area contributed by atoms with Crippen molar-refractivity contribution >= 4 is 23.8 Å². The molecule has 0 fully saturated rings. The number of ether oxygens (including phenoxy) is 1. The Hall–Kier alpha value is -2.64. The number of amides is 2. The van der Waals surface area contributed by atoms with Gasteiger partial charge in [0.1, 0.15) is 5.56 Å². The van der Waals surface area contributed by atoms with E-state index in [0.717, 1.165) is 0 Å². The molecule has 1 rings (SSSR count). The molecular weight excluding hydrogens is 250 g/mol. The summed E-state index contributed by atoms with van der Waals surface area (Å²) in [5.41, 5.74) is 5.68. The molecule has 8 heteroatoms. The number of carbonyl (C=O) groups excluding carboxylic acids is 2. The van der Waals surface area contributed by atoms with Crippen LogP contribution < -0.4 is 16.4 Å². The van der Waals surface area contributed by atoms with Gasteiger partial charge in [0.25, 0.3) is 0 Å². The largest absolute Gasteiger partial charge is 0.462 e. The van der Waals surface area contributed by atoms with E-state index in [-0.39, 0.29) is 23.9 Å². The zero-order chi connectivity index (χ0) is 14.3. The van der Waals surface area contributed by atoms with E-state index in [1.807, 2.05) is 0 Å². The van der Waals surface area contributed by atoms with Crippen molar-refractivity contribution < 1.29 is 14.3 Å². The highest BCUT2D eigenvalue weighted by Crippen LogP contribution is 2.15. The minimum Gasteiger partial charge on any atom is -0.462 e. The number of nitrogens with two attached hydrogens (primary N) is 1. The number of hydrogen-bond acceptors (Lipinski definition) is 5. The first-order valence-electron chi connectivity index (χ1n) is 5.53. The van der Waals surface area contributed by atoms with Crippen LogP contribution in [0.1, 0.15) is 17.3 Å². The van der Waals surface area contributed by atoms with E-state index in [2.05, 4.69) is 20.6 Å². The molecule has 0 bridgehead atoms. The molecule has 4 N–H and O–H groups in total. The summed E-state index contributed by atoms with van der Waals surface area (Å²) in [5, 5.41) is 4.58. The minimum absolute atomic E-state index is 0.0786. The zero-order valence-corrected chi connectivity index (χ0v) is 10.6. The van der Waals surface area contributed by atoms with Crippen LogP contribution in [0.3, 0.4) is 0 Å². The maximum absolute atomic E-state index is 11.7. The molecule has 102 valence electrons. The first kappa shape index (κ1) is 14.4. The first-order chi connectivity index (χ1) is 9.08. The number of hydrogen-bond donors (Lipinski definition) is 3. The molecule has 19 heavy (non-hydrogen) atoms. The number of carbonyl (C=O) groups is 2. The maximum Gasteiger partial charge on any atom is 0.341 e. The molecule has 1 aromatic heterocycles. The van der Waals surface area contributed by atoms with Crippen LogP contribution in [-0.4, -0.2) is 36.6 Å². The van der Waals surface area contributed by atoms with Crippen molar-refractivity contribution in [1.82, 2.24) is 15.6 Å². The third-order valence-electron chi connectivity index (χ3n) is 1.98. The molecule has 0 unspecified atom stereocenters. The van der Waals surface area contributed by atoms with Gasteiger partial charge in [-0.3, -0.25) is 5.32 Å². The van der Waals surface area contributed by atoms with E-state index in [9.17, 15) is 9.59 Å². The third-order valence-corrected chi connectivity index (χ3v) is 1.98. The number of guanidine groups is 1. The molecule has 0 aliphatic carbocycles. The monoisotopic (exact) mass is 265 g/mol. The highest BCUT2D eigenvalue weighted by Gasteiger charge is 2.13. The Kier molecular flexibility index (Phi) is 5.27. The molecule has 0 aliphatic heterocycles. The highest BCUT2D eigenvalue weighted by atomic mass is 16.5. The summed E-state index contributed by atoms with van der Waals surface area (Å²) in [6.07, 6.45) is 1.45. The van der Waals surface area contributed by atoms with Crippen LogP contribution in [0, 0.1) is 0 Å². The van der Waals surface area contributed by atoms with Gasteiger partial charge in [0.2, 0.25) is 5.96 Å². The quantitative estimate of drug-likeness (QED) is 0.408. The lowest BCUT2D eigenvalue weighted by Gasteiger charge is -2.06. The summed E-state index contributed by atoms with van der Waals surface area (Å²) in [4.78, 5) is 30.5. The van der Waals surface area contributed by atoms with Crippen molar-refractivity contribution in [2.24, 2.45) is 10.7 Å². The van der Waals surface area contributed by atoms with Crippen LogP contribution in [0.15, 0.2) is 23.3 Å². The van der Waals surface area contributed by atoms with Gasteiger partial charge < -0.3 is 15.8 Å². The summed E-state index contributed by atoms with van der Waals surface area (Å²) in [6, 6.07) is 2.57. The smallest absolute Gasteiger partial charge is 0.341 e. The second-order valence-electron chi connectivity index (χ2n) is 3.30. The highest BCUT2D eigenvalue weighted by molar-refractivity contribution is 5.99. The number of urea groups is 1. The number of nitrogens with one attached hydrogen (secondary N) is 2. The number of nitrogens with zero attached hydrogens (tertiary/aromatic N) is 2. The Morgan fingerprint density at radius 1 is 1.53 bits per heavy atom.